The highest BCUT2D eigenvalue weighted by atomic mass is 16.3. The molecule has 1 aliphatic heterocycles. The van der Waals surface area contributed by atoms with Crippen molar-refractivity contribution in [3.8, 4) is 11.5 Å². The van der Waals surface area contributed by atoms with E-state index in [4.69, 9.17) is 0 Å². The Morgan fingerprint density at radius 1 is 0.895 bits per heavy atom. The predicted molar refractivity (Wildman–Crippen MR) is 75.5 cm³/mol. The first-order valence-electron chi connectivity index (χ1n) is 6.00. The minimum Gasteiger partial charge on any atom is -0.504 e. The van der Waals surface area contributed by atoms with Gasteiger partial charge < -0.3 is 15.5 Å². The molecule has 0 aromatic heterocycles. The Bertz CT molecular complexity index is 673. The second-order valence-corrected chi connectivity index (χ2v) is 4.35. The Morgan fingerprint density at radius 2 is 1.63 bits per heavy atom. The quantitative estimate of drug-likeness (QED) is 0.683. The molecule has 3 nitrogen and oxygen atoms in total. The van der Waals surface area contributed by atoms with Crippen LogP contribution in [-0.2, 0) is 0 Å². The molecule has 0 spiro atoms. The van der Waals surface area contributed by atoms with Gasteiger partial charge in [-0.2, -0.15) is 0 Å². The van der Waals surface area contributed by atoms with E-state index in [1.165, 1.54) is 0 Å². The molecule has 0 unspecified atom stereocenters. The van der Waals surface area contributed by atoms with Gasteiger partial charge in [-0.05, 0) is 34.9 Å². The Labute approximate surface area is 111 Å². The minimum atomic E-state index is -0.115. The molecule has 0 atom stereocenters. The fourth-order valence-electron chi connectivity index (χ4n) is 2.17. The van der Waals surface area contributed by atoms with E-state index in [-0.39, 0.29) is 11.5 Å². The Kier molecular flexibility index (Phi) is 2.72. The SMILES string of the molecule is Oc1cc2c(cc1O)C(c1ccccc1)=CNC=C2. The largest absolute Gasteiger partial charge is 0.504 e. The van der Waals surface area contributed by atoms with E-state index in [9.17, 15) is 10.2 Å². The molecule has 0 fully saturated rings. The summed E-state index contributed by atoms with van der Waals surface area (Å²) in [6.07, 6.45) is 5.54. The van der Waals surface area contributed by atoms with Crippen LogP contribution in [0.25, 0.3) is 11.6 Å². The molecule has 0 saturated carbocycles. The van der Waals surface area contributed by atoms with E-state index in [0.717, 1.165) is 22.3 Å². The summed E-state index contributed by atoms with van der Waals surface area (Å²) < 4.78 is 0. The van der Waals surface area contributed by atoms with Gasteiger partial charge in [-0.15, -0.1) is 0 Å². The summed E-state index contributed by atoms with van der Waals surface area (Å²) in [6.45, 7) is 0. The predicted octanol–water partition coefficient (Wildman–Crippen LogP) is 3.06. The van der Waals surface area contributed by atoms with E-state index in [0.29, 0.717) is 0 Å². The lowest BCUT2D eigenvalue weighted by Gasteiger charge is -2.11. The molecule has 2 aromatic rings. The summed E-state index contributed by atoms with van der Waals surface area (Å²) in [7, 11) is 0. The van der Waals surface area contributed by atoms with Gasteiger partial charge in [-0.3, -0.25) is 0 Å². The Morgan fingerprint density at radius 3 is 2.42 bits per heavy atom. The maximum Gasteiger partial charge on any atom is 0.158 e. The zero-order valence-electron chi connectivity index (χ0n) is 10.2. The first kappa shape index (κ1) is 11.4. The average Bonchev–Trinajstić information content (AvgIpc) is 2.63. The monoisotopic (exact) mass is 251 g/mol. The van der Waals surface area contributed by atoms with Gasteiger partial charge in [0.05, 0.1) is 0 Å². The van der Waals surface area contributed by atoms with Crippen LogP contribution in [0.5, 0.6) is 11.5 Å². The normalized spacial score (nSPS) is 13.2. The van der Waals surface area contributed by atoms with Crippen LogP contribution in [-0.4, -0.2) is 10.2 Å². The summed E-state index contributed by atoms with van der Waals surface area (Å²) >= 11 is 0. The fourth-order valence-corrected chi connectivity index (χ4v) is 2.17. The van der Waals surface area contributed by atoms with Gasteiger partial charge in [-0.25, -0.2) is 0 Å². The molecule has 94 valence electrons. The van der Waals surface area contributed by atoms with E-state index in [2.05, 4.69) is 5.32 Å². The van der Waals surface area contributed by atoms with Crippen molar-refractivity contribution in [2.24, 2.45) is 0 Å². The zero-order chi connectivity index (χ0) is 13.2. The molecule has 3 heteroatoms. The molecule has 0 bridgehead atoms. The second-order valence-electron chi connectivity index (χ2n) is 4.35. The third-order valence-electron chi connectivity index (χ3n) is 3.11. The van der Waals surface area contributed by atoms with Crippen LogP contribution in [0.3, 0.4) is 0 Å². The lowest BCUT2D eigenvalue weighted by atomic mass is 9.94. The molecule has 3 rings (SSSR count). The van der Waals surface area contributed by atoms with Crippen molar-refractivity contribution in [2.75, 3.05) is 0 Å². The minimum absolute atomic E-state index is 0.113. The van der Waals surface area contributed by atoms with Crippen LogP contribution < -0.4 is 5.32 Å². The molecule has 0 aliphatic carbocycles. The number of nitrogens with one attached hydrogen (secondary N) is 1. The summed E-state index contributed by atoms with van der Waals surface area (Å²) in [5.74, 6) is -0.228. The van der Waals surface area contributed by atoms with E-state index in [1.807, 2.05) is 42.6 Å². The standard InChI is InChI=1S/C16H13NO2/c18-15-8-12-6-7-17-10-14(13(12)9-16(15)19)11-4-2-1-3-5-11/h1-10,17-19H. The Balaban J connectivity index is 2.21. The van der Waals surface area contributed by atoms with Crippen molar-refractivity contribution >= 4 is 11.6 Å². The summed E-state index contributed by atoms with van der Waals surface area (Å²) in [5, 5.41) is 22.4. The van der Waals surface area contributed by atoms with E-state index >= 15 is 0 Å². The topological polar surface area (TPSA) is 52.5 Å². The second kappa shape index (κ2) is 4.53. The number of aromatic hydroxyl groups is 2. The van der Waals surface area contributed by atoms with Crippen LogP contribution in [0.15, 0.2) is 54.9 Å². The molecule has 19 heavy (non-hydrogen) atoms. The van der Waals surface area contributed by atoms with Crippen molar-refractivity contribution in [3.63, 3.8) is 0 Å². The molecule has 1 heterocycles. The van der Waals surface area contributed by atoms with Gasteiger partial charge in [-0.1, -0.05) is 30.3 Å². The number of benzene rings is 2. The van der Waals surface area contributed by atoms with Gasteiger partial charge in [0.2, 0.25) is 0 Å². The van der Waals surface area contributed by atoms with E-state index in [1.54, 1.807) is 18.3 Å². The van der Waals surface area contributed by atoms with Crippen molar-refractivity contribution in [2.45, 2.75) is 0 Å². The Hall–Kier alpha value is -2.68. The van der Waals surface area contributed by atoms with Crippen molar-refractivity contribution in [1.29, 1.82) is 0 Å². The highest BCUT2D eigenvalue weighted by Gasteiger charge is 2.13. The van der Waals surface area contributed by atoms with Crippen molar-refractivity contribution in [3.05, 3.63) is 71.6 Å². The molecule has 0 saturated heterocycles. The molecule has 3 N–H and O–H groups in total. The third kappa shape index (κ3) is 2.06. The molecular formula is C16H13NO2. The van der Waals surface area contributed by atoms with Gasteiger partial charge >= 0.3 is 0 Å². The molecule has 0 radical (unpaired) electrons. The van der Waals surface area contributed by atoms with Gasteiger partial charge in [0.15, 0.2) is 11.5 Å². The maximum absolute atomic E-state index is 9.71. The third-order valence-corrected chi connectivity index (χ3v) is 3.11. The van der Waals surface area contributed by atoms with Gasteiger partial charge in [0.25, 0.3) is 0 Å². The van der Waals surface area contributed by atoms with Crippen molar-refractivity contribution < 1.29 is 10.2 Å². The highest BCUT2D eigenvalue weighted by Crippen LogP contribution is 2.35. The van der Waals surface area contributed by atoms with Crippen LogP contribution in [0.2, 0.25) is 0 Å². The summed E-state index contributed by atoms with van der Waals surface area (Å²) in [5.41, 5.74) is 3.75. The number of phenolic OH excluding ortho intramolecular Hbond substituents is 2. The first-order valence-corrected chi connectivity index (χ1v) is 6.00. The maximum atomic E-state index is 9.71. The van der Waals surface area contributed by atoms with Gasteiger partial charge in [0.1, 0.15) is 0 Å². The van der Waals surface area contributed by atoms with Crippen LogP contribution in [0.4, 0.5) is 0 Å². The molecule has 1 aliphatic rings. The van der Waals surface area contributed by atoms with Crippen LogP contribution in [0, 0.1) is 0 Å². The van der Waals surface area contributed by atoms with Crippen LogP contribution in [0.1, 0.15) is 16.7 Å². The number of rotatable bonds is 1. The first-order chi connectivity index (χ1) is 9.25. The smallest absolute Gasteiger partial charge is 0.158 e. The number of fused-ring (bicyclic) bond motifs is 1. The summed E-state index contributed by atoms with van der Waals surface area (Å²) in [6, 6.07) is 13.1. The molecule has 2 aromatic carbocycles. The number of hydrogen-bond donors (Lipinski definition) is 3. The molecular weight excluding hydrogens is 238 g/mol. The lowest BCUT2D eigenvalue weighted by Crippen LogP contribution is -1.95. The van der Waals surface area contributed by atoms with Crippen molar-refractivity contribution in [1.82, 2.24) is 5.32 Å². The van der Waals surface area contributed by atoms with Crippen LogP contribution >= 0.6 is 0 Å². The lowest BCUT2D eigenvalue weighted by molar-refractivity contribution is 0.403. The highest BCUT2D eigenvalue weighted by molar-refractivity contribution is 5.86. The zero-order valence-corrected chi connectivity index (χ0v) is 10.2. The summed E-state index contributed by atoms with van der Waals surface area (Å²) in [4.78, 5) is 0. The molecule has 0 amide bonds. The number of phenols is 2. The number of hydrogen-bond acceptors (Lipinski definition) is 3. The average molecular weight is 251 g/mol. The van der Waals surface area contributed by atoms with E-state index < -0.39 is 0 Å². The van der Waals surface area contributed by atoms with Gasteiger partial charge in [0, 0.05) is 18.0 Å². The fraction of sp³-hybridized carbons (Fsp3) is 0.